The first-order valence-electron chi connectivity index (χ1n) is 5.87. The maximum absolute atomic E-state index is 2.28. The van der Waals surface area contributed by atoms with Crippen LogP contribution in [-0.2, 0) is 0 Å². The van der Waals surface area contributed by atoms with Crippen LogP contribution in [0.1, 0.15) is 57.8 Å². The minimum Gasteiger partial charge on any atom is -0.162 e. The molecule has 0 bridgehead atoms. The van der Waals surface area contributed by atoms with Crippen molar-refractivity contribution in [3.05, 3.63) is 0 Å². The van der Waals surface area contributed by atoms with E-state index >= 15 is 0 Å². The molecule has 2 aliphatic rings. The average Bonchev–Trinajstić information content (AvgIpc) is 2.20. The Morgan fingerprint density at radius 3 is 2.08 bits per heavy atom. The lowest BCUT2D eigenvalue weighted by atomic mass is 9.65. The van der Waals surface area contributed by atoms with E-state index in [-0.39, 0.29) is 0 Å². The third-order valence-corrected chi connectivity index (χ3v) is 5.38. The summed E-state index contributed by atoms with van der Waals surface area (Å²) in [6.45, 7) is 0. The van der Waals surface area contributed by atoms with Gasteiger partial charge in [0.05, 0.1) is 0 Å². The van der Waals surface area contributed by atoms with E-state index in [2.05, 4.69) is 18.0 Å². The van der Waals surface area contributed by atoms with E-state index < -0.39 is 0 Å². The second-order valence-corrected chi connectivity index (χ2v) is 6.13. The van der Waals surface area contributed by atoms with Crippen LogP contribution in [0.25, 0.3) is 0 Å². The molecule has 0 aromatic rings. The zero-order chi connectivity index (χ0) is 9.15. The van der Waals surface area contributed by atoms with Gasteiger partial charge in [0.1, 0.15) is 0 Å². The molecular formula is C12H22S. The highest BCUT2D eigenvalue weighted by Gasteiger charge is 2.35. The Balaban J connectivity index is 1.87. The third-order valence-electron chi connectivity index (χ3n) is 4.24. The molecule has 2 aliphatic carbocycles. The minimum absolute atomic E-state index is 0.824. The van der Waals surface area contributed by atoms with Gasteiger partial charge in [-0.1, -0.05) is 19.3 Å². The van der Waals surface area contributed by atoms with Gasteiger partial charge in [0.15, 0.2) is 0 Å². The molecule has 0 atom stereocenters. The summed E-state index contributed by atoms with van der Waals surface area (Å²) in [5.74, 6) is 0. The second kappa shape index (κ2) is 4.25. The van der Waals surface area contributed by atoms with Crippen LogP contribution in [0.4, 0.5) is 0 Å². The van der Waals surface area contributed by atoms with E-state index in [4.69, 9.17) is 0 Å². The van der Waals surface area contributed by atoms with Gasteiger partial charge in [-0.15, -0.1) is 0 Å². The molecule has 76 valence electrons. The maximum atomic E-state index is 2.28. The lowest BCUT2D eigenvalue weighted by Crippen LogP contribution is -2.30. The minimum atomic E-state index is 0.824. The van der Waals surface area contributed by atoms with Gasteiger partial charge >= 0.3 is 0 Å². The molecule has 1 spiro atoms. The summed E-state index contributed by atoms with van der Waals surface area (Å²) in [6, 6.07) is 0. The Bertz CT molecular complexity index is 149. The van der Waals surface area contributed by atoms with E-state index in [0.717, 1.165) is 10.7 Å². The summed E-state index contributed by atoms with van der Waals surface area (Å²) in [4.78, 5) is 0. The SMILES string of the molecule is CSC1CCC2(CCCCC2)CC1. The summed E-state index contributed by atoms with van der Waals surface area (Å²) in [6.07, 6.45) is 16.0. The molecule has 0 radical (unpaired) electrons. The highest BCUT2D eigenvalue weighted by atomic mass is 32.2. The summed E-state index contributed by atoms with van der Waals surface area (Å²) >= 11 is 2.09. The van der Waals surface area contributed by atoms with Crippen LogP contribution in [0.15, 0.2) is 0 Å². The maximum Gasteiger partial charge on any atom is 0.00446 e. The van der Waals surface area contributed by atoms with Crippen molar-refractivity contribution in [2.24, 2.45) is 5.41 Å². The number of rotatable bonds is 1. The molecule has 0 heterocycles. The standard InChI is InChI=1S/C12H22S/c1-13-11-5-9-12(10-6-11)7-3-2-4-8-12/h11H,2-10H2,1H3. The van der Waals surface area contributed by atoms with Crippen molar-refractivity contribution in [1.82, 2.24) is 0 Å². The van der Waals surface area contributed by atoms with Crippen LogP contribution in [0.5, 0.6) is 0 Å². The Labute approximate surface area is 86.9 Å². The van der Waals surface area contributed by atoms with Crippen molar-refractivity contribution in [2.75, 3.05) is 6.26 Å². The second-order valence-electron chi connectivity index (χ2n) is 5.00. The summed E-state index contributed by atoms with van der Waals surface area (Å²) < 4.78 is 0. The Kier molecular flexibility index (Phi) is 3.23. The fourth-order valence-corrected chi connectivity index (χ4v) is 3.95. The molecule has 0 aliphatic heterocycles. The van der Waals surface area contributed by atoms with Crippen LogP contribution in [0.2, 0.25) is 0 Å². The smallest absolute Gasteiger partial charge is 0.00446 e. The fourth-order valence-electron chi connectivity index (χ4n) is 3.24. The van der Waals surface area contributed by atoms with Gasteiger partial charge in [-0.25, -0.2) is 0 Å². The summed E-state index contributed by atoms with van der Waals surface area (Å²) in [5, 5.41) is 0.993. The molecule has 0 unspecified atom stereocenters. The molecule has 0 aromatic heterocycles. The first-order chi connectivity index (χ1) is 6.35. The predicted octanol–water partition coefficient (Wildman–Crippen LogP) is 4.24. The Hall–Kier alpha value is 0.350. The van der Waals surface area contributed by atoms with E-state index in [1.807, 2.05) is 0 Å². The average molecular weight is 198 g/mol. The van der Waals surface area contributed by atoms with Crippen molar-refractivity contribution in [3.8, 4) is 0 Å². The van der Waals surface area contributed by atoms with Gasteiger partial charge in [-0.2, -0.15) is 11.8 Å². The summed E-state index contributed by atoms with van der Waals surface area (Å²) in [5.41, 5.74) is 0.824. The number of thioether (sulfide) groups is 1. The van der Waals surface area contributed by atoms with E-state index in [1.165, 1.54) is 32.1 Å². The molecule has 2 rings (SSSR count). The van der Waals surface area contributed by atoms with Gasteiger partial charge in [-0.3, -0.25) is 0 Å². The normalized spacial score (nSPS) is 29.3. The van der Waals surface area contributed by atoms with E-state index in [9.17, 15) is 0 Å². The van der Waals surface area contributed by atoms with Gasteiger partial charge in [0, 0.05) is 5.25 Å². The highest BCUT2D eigenvalue weighted by Crippen LogP contribution is 2.48. The van der Waals surface area contributed by atoms with Gasteiger partial charge in [0.25, 0.3) is 0 Å². The topological polar surface area (TPSA) is 0 Å². The molecule has 13 heavy (non-hydrogen) atoms. The molecule has 2 fully saturated rings. The van der Waals surface area contributed by atoms with Crippen LogP contribution < -0.4 is 0 Å². The molecule has 1 heteroatoms. The van der Waals surface area contributed by atoms with E-state index in [1.54, 1.807) is 25.7 Å². The van der Waals surface area contributed by atoms with Gasteiger partial charge < -0.3 is 0 Å². The Morgan fingerprint density at radius 1 is 0.923 bits per heavy atom. The molecular weight excluding hydrogens is 176 g/mol. The van der Waals surface area contributed by atoms with Crippen LogP contribution in [0, 0.1) is 5.41 Å². The van der Waals surface area contributed by atoms with Crippen molar-refractivity contribution in [2.45, 2.75) is 63.0 Å². The van der Waals surface area contributed by atoms with Crippen molar-refractivity contribution < 1.29 is 0 Å². The van der Waals surface area contributed by atoms with Crippen LogP contribution in [0.3, 0.4) is 0 Å². The van der Waals surface area contributed by atoms with Crippen LogP contribution >= 0.6 is 11.8 Å². The molecule has 0 saturated heterocycles. The molecule has 0 amide bonds. The molecule has 2 saturated carbocycles. The van der Waals surface area contributed by atoms with Crippen molar-refractivity contribution >= 4 is 11.8 Å². The van der Waals surface area contributed by atoms with Crippen molar-refractivity contribution in [3.63, 3.8) is 0 Å². The zero-order valence-corrected chi connectivity index (χ0v) is 9.67. The third kappa shape index (κ3) is 2.23. The monoisotopic (exact) mass is 198 g/mol. The zero-order valence-electron chi connectivity index (χ0n) is 8.85. The summed E-state index contributed by atoms with van der Waals surface area (Å²) in [7, 11) is 0. The Morgan fingerprint density at radius 2 is 1.54 bits per heavy atom. The number of hydrogen-bond donors (Lipinski definition) is 0. The first-order valence-corrected chi connectivity index (χ1v) is 7.16. The van der Waals surface area contributed by atoms with E-state index in [0.29, 0.717) is 0 Å². The van der Waals surface area contributed by atoms with Gasteiger partial charge in [-0.05, 0) is 50.2 Å². The first kappa shape index (κ1) is 9.89. The van der Waals surface area contributed by atoms with Gasteiger partial charge in [0.2, 0.25) is 0 Å². The molecule has 0 N–H and O–H groups in total. The van der Waals surface area contributed by atoms with Crippen LogP contribution in [-0.4, -0.2) is 11.5 Å². The van der Waals surface area contributed by atoms with Crippen molar-refractivity contribution in [1.29, 1.82) is 0 Å². The highest BCUT2D eigenvalue weighted by molar-refractivity contribution is 7.99. The number of hydrogen-bond acceptors (Lipinski definition) is 1. The fraction of sp³-hybridized carbons (Fsp3) is 1.00. The lowest BCUT2D eigenvalue weighted by Gasteiger charge is -2.42. The largest absolute Gasteiger partial charge is 0.162 e. The molecule has 0 nitrogen and oxygen atoms in total. The lowest BCUT2D eigenvalue weighted by molar-refractivity contribution is 0.127. The predicted molar refractivity (Wildman–Crippen MR) is 61.3 cm³/mol. The molecule has 0 aromatic carbocycles. The quantitative estimate of drug-likeness (QED) is 0.607.